The minimum Gasteiger partial charge on any atom is -0.346 e. The molecule has 0 spiro atoms. The smallest absolute Gasteiger partial charge is 0.251 e. The topological polar surface area (TPSA) is 45.2 Å². The molecular weight excluding hydrogens is 354 g/mol. The zero-order valence-electron chi connectivity index (χ0n) is 15.8. The van der Waals surface area contributed by atoms with Crippen LogP contribution in [0.3, 0.4) is 0 Å². The van der Waals surface area contributed by atoms with Gasteiger partial charge in [0.15, 0.2) is 0 Å². The van der Waals surface area contributed by atoms with E-state index >= 15 is 0 Å². The molecule has 3 aromatic rings. The summed E-state index contributed by atoms with van der Waals surface area (Å²) in [6.45, 7) is 7.48. The Hall–Kier alpha value is -2.50. The molecular formula is C22H25N3OS. The summed E-state index contributed by atoms with van der Waals surface area (Å²) in [4.78, 5) is 19.2. The first-order valence-corrected chi connectivity index (χ1v) is 10.1. The number of hydrogen-bond acceptors (Lipinski definition) is 4. The van der Waals surface area contributed by atoms with Crippen molar-refractivity contribution in [1.82, 2.24) is 15.2 Å². The highest BCUT2D eigenvalue weighted by molar-refractivity contribution is 7.09. The molecule has 0 saturated carbocycles. The van der Waals surface area contributed by atoms with Crippen LogP contribution in [0.4, 0.5) is 0 Å². The fraction of sp³-hybridized carbons (Fsp3) is 0.273. The molecule has 1 heterocycles. The number of benzene rings is 2. The molecule has 1 amide bonds. The van der Waals surface area contributed by atoms with Crippen LogP contribution in [-0.4, -0.2) is 22.3 Å². The van der Waals surface area contributed by atoms with E-state index in [-0.39, 0.29) is 5.91 Å². The van der Waals surface area contributed by atoms with E-state index in [1.165, 1.54) is 11.1 Å². The maximum atomic E-state index is 12.1. The molecule has 0 bridgehead atoms. The second kappa shape index (κ2) is 9.44. The highest BCUT2D eigenvalue weighted by Gasteiger charge is 2.11. The Labute approximate surface area is 164 Å². The third kappa shape index (κ3) is 5.49. The van der Waals surface area contributed by atoms with Crippen LogP contribution in [-0.2, 0) is 19.6 Å². The van der Waals surface area contributed by atoms with Gasteiger partial charge in [0.25, 0.3) is 5.91 Å². The quantitative estimate of drug-likeness (QED) is 0.631. The second-order valence-electron chi connectivity index (χ2n) is 6.51. The van der Waals surface area contributed by atoms with E-state index in [4.69, 9.17) is 0 Å². The number of aryl methyl sites for hydroxylation is 1. The SMILES string of the molecule is CCN(Cc1csc(CNC(=O)c2ccccc2)n1)Cc1ccccc1C. The van der Waals surface area contributed by atoms with E-state index in [1.807, 2.05) is 30.3 Å². The fourth-order valence-corrected chi connectivity index (χ4v) is 3.61. The van der Waals surface area contributed by atoms with E-state index in [1.54, 1.807) is 11.3 Å². The van der Waals surface area contributed by atoms with Gasteiger partial charge < -0.3 is 5.32 Å². The summed E-state index contributed by atoms with van der Waals surface area (Å²) < 4.78 is 0. The average molecular weight is 380 g/mol. The van der Waals surface area contributed by atoms with Crippen LogP contribution in [0.25, 0.3) is 0 Å². The number of thiazole rings is 1. The van der Waals surface area contributed by atoms with Crippen molar-refractivity contribution in [3.05, 3.63) is 87.4 Å². The number of nitrogens with one attached hydrogen (secondary N) is 1. The van der Waals surface area contributed by atoms with Gasteiger partial charge in [0.1, 0.15) is 5.01 Å². The van der Waals surface area contributed by atoms with Gasteiger partial charge in [-0.3, -0.25) is 9.69 Å². The van der Waals surface area contributed by atoms with Crippen molar-refractivity contribution in [2.45, 2.75) is 33.5 Å². The van der Waals surface area contributed by atoms with Crippen LogP contribution < -0.4 is 5.32 Å². The second-order valence-corrected chi connectivity index (χ2v) is 7.45. The van der Waals surface area contributed by atoms with Crippen molar-refractivity contribution in [2.24, 2.45) is 0 Å². The van der Waals surface area contributed by atoms with Gasteiger partial charge in [0.05, 0.1) is 12.2 Å². The highest BCUT2D eigenvalue weighted by atomic mass is 32.1. The van der Waals surface area contributed by atoms with E-state index in [0.717, 1.165) is 30.3 Å². The van der Waals surface area contributed by atoms with Gasteiger partial charge in [-0.15, -0.1) is 11.3 Å². The summed E-state index contributed by atoms with van der Waals surface area (Å²) in [6.07, 6.45) is 0. The molecule has 1 N–H and O–H groups in total. The Balaban J connectivity index is 1.55. The van der Waals surface area contributed by atoms with E-state index in [2.05, 4.69) is 58.7 Å². The van der Waals surface area contributed by atoms with Crippen molar-refractivity contribution in [1.29, 1.82) is 0 Å². The van der Waals surface area contributed by atoms with Crippen LogP contribution >= 0.6 is 11.3 Å². The monoisotopic (exact) mass is 379 g/mol. The van der Waals surface area contributed by atoms with Gasteiger partial charge in [-0.2, -0.15) is 0 Å². The van der Waals surface area contributed by atoms with Gasteiger partial charge in [-0.1, -0.05) is 49.4 Å². The van der Waals surface area contributed by atoms with Gasteiger partial charge in [-0.25, -0.2) is 4.98 Å². The zero-order chi connectivity index (χ0) is 19.1. The molecule has 0 aliphatic carbocycles. The summed E-state index contributed by atoms with van der Waals surface area (Å²) in [5.74, 6) is -0.0675. The van der Waals surface area contributed by atoms with E-state index in [0.29, 0.717) is 12.1 Å². The van der Waals surface area contributed by atoms with E-state index in [9.17, 15) is 4.79 Å². The Morgan fingerprint density at radius 1 is 1.07 bits per heavy atom. The predicted molar refractivity (Wildman–Crippen MR) is 111 cm³/mol. The van der Waals surface area contributed by atoms with Crippen LogP contribution in [0, 0.1) is 6.92 Å². The lowest BCUT2D eigenvalue weighted by Gasteiger charge is -2.20. The Morgan fingerprint density at radius 3 is 2.56 bits per heavy atom. The number of nitrogens with zero attached hydrogens (tertiary/aromatic N) is 2. The Morgan fingerprint density at radius 2 is 1.81 bits per heavy atom. The van der Waals surface area contributed by atoms with Crippen molar-refractivity contribution < 1.29 is 4.79 Å². The normalized spacial score (nSPS) is 10.9. The third-order valence-electron chi connectivity index (χ3n) is 4.52. The minimum atomic E-state index is -0.0675. The molecule has 0 atom stereocenters. The Bertz CT molecular complexity index is 876. The average Bonchev–Trinajstić information content (AvgIpc) is 3.15. The van der Waals surface area contributed by atoms with Crippen molar-refractivity contribution in [2.75, 3.05) is 6.54 Å². The maximum absolute atomic E-state index is 12.1. The molecule has 0 unspecified atom stereocenters. The number of aromatic nitrogens is 1. The molecule has 140 valence electrons. The lowest BCUT2D eigenvalue weighted by atomic mass is 10.1. The predicted octanol–water partition coefficient (Wildman–Crippen LogP) is 4.40. The zero-order valence-corrected chi connectivity index (χ0v) is 16.6. The summed E-state index contributed by atoms with van der Waals surface area (Å²) in [6, 6.07) is 17.8. The van der Waals surface area contributed by atoms with Gasteiger partial charge >= 0.3 is 0 Å². The van der Waals surface area contributed by atoms with Crippen LogP contribution in [0.5, 0.6) is 0 Å². The van der Waals surface area contributed by atoms with Crippen molar-refractivity contribution in [3.63, 3.8) is 0 Å². The molecule has 3 rings (SSSR count). The molecule has 0 aliphatic rings. The molecule has 0 aliphatic heterocycles. The molecule has 27 heavy (non-hydrogen) atoms. The molecule has 4 nitrogen and oxygen atoms in total. The molecule has 0 saturated heterocycles. The van der Waals surface area contributed by atoms with E-state index < -0.39 is 0 Å². The number of rotatable bonds is 8. The van der Waals surface area contributed by atoms with Crippen molar-refractivity contribution in [3.8, 4) is 0 Å². The molecule has 1 aromatic heterocycles. The number of carbonyl (C=O) groups is 1. The largest absolute Gasteiger partial charge is 0.346 e. The van der Waals surface area contributed by atoms with Crippen LogP contribution in [0.2, 0.25) is 0 Å². The van der Waals surface area contributed by atoms with Gasteiger partial charge in [0.2, 0.25) is 0 Å². The standard InChI is InChI=1S/C22H25N3OS/c1-3-25(14-19-12-8-7-9-17(19)2)15-20-16-27-21(24-20)13-23-22(26)18-10-5-4-6-11-18/h4-12,16H,3,13-15H2,1-2H3,(H,23,26). The molecule has 5 heteroatoms. The van der Waals surface area contributed by atoms with Crippen LogP contribution in [0.1, 0.15) is 39.1 Å². The first-order chi connectivity index (χ1) is 13.2. The summed E-state index contributed by atoms with van der Waals surface area (Å²) in [7, 11) is 0. The lowest BCUT2D eigenvalue weighted by molar-refractivity contribution is 0.0951. The van der Waals surface area contributed by atoms with Crippen LogP contribution in [0.15, 0.2) is 60.0 Å². The van der Waals surface area contributed by atoms with Crippen molar-refractivity contribution >= 4 is 17.2 Å². The lowest BCUT2D eigenvalue weighted by Crippen LogP contribution is -2.24. The minimum absolute atomic E-state index is 0.0675. The highest BCUT2D eigenvalue weighted by Crippen LogP contribution is 2.15. The molecule has 0 fully saturated rings. The third-order valence-corrected chi connectivity index (χ3v) is 5.42. The summed E-state index contributed by atoms with van der Waals surface area (Å²) in [5.41, 5.74) is 4.40. The number of amides is 1. The van der Waals surface area contributed by atoms with Gasteiger partial charge in [0, 0.05) is 24.0 Å². The number of hydrogen-bond donors (Lipinski definition) is 1. The molecule has 2 aromatic carbocycles. The fourth-order valence-electron chi connectivity index (χ4n) is 2.89. The maximum Gasteiger partial charge on any atom is 0.251 e. The first kappa shape index (κ1) is 19.3. The number of carbonyl (C=O) groups excluding carboxylic acids is 1. The first-order valence-electron chi connectivity index (χ1n) is 9.19. The Kier molecular flexibility index (Phi) is 6.74. The molecule has 0 radical (unpaired) electrons. The summed E-state index contributed by atoms with van der Waals surface area (Å²) >= 11 is 1.60. The summed E-state index contributed by atoms with van der Waals surface area (Å²) in [5, 5.41) is 5.96. The van der Waals surface area contributed by atoms with Gasteiger partial charge in [-0.05, 0) is 36.7 Å².